The number of aromatic nitrogens is 1. The minimum absolute atomic E-state index is 0.0483. The van der Waals surface area contributed by atoms with E-state index in [1.54, 1.807) is 37.3 Å². The van der Waals surface area contributed by atoms with Crippen molar-refractivity contribution in [3.05, 3.63) is 70.7 Å². The number of benzene rings is 2. The van der Waals surface area contributed by atoms with Crippen LogP contribution in [0.1, 0.15) is 52.7 Å². The molecule has 1 aliphatic rings. The summed E-state index contributed by atoms with van der Waals surface area (Å²) in [5, 5.41) is 0.608. The average Bonchev–Trinajstić information content (AvgIpc) is 3.16. The van der Waals surface area contributed by atoms with Gasteiger partial charge in [0.1, 0.15) is 5.82 Å². The fourth-order valence-electron chi connectivity index (χ4n) is 4.73. The van der Waals surface area contributed by atoms with Crippen LogP contribution in [-0.2, 0) is 16.1 Å². The highest BCUT2D eigenvalue weighted by molar-refractivity contribution is 6.41. The summed E-state index contributed by atoms with van der Waals surface area (Å²) in [6, 6.07) is 11.4. The first-order valence-electron chi connectivity index (χ1n) is 11.8. The first-order valence-corrected chi connectivity index (χ1v) is 11.8. The van der Waals surface area contributed by atoms with E-state index < -0.39 is 11.8 Å². The van der Waals surface area contributed by atoms with Gasteiger partial charge in [-0.3, -0.25) is 14.5 Å². The molecule has 0 radical (unpaired) electrons. The lowest BCUT2D eigenvalue weighted by Crippen LogP contribution is -2.57. The molecule has 2 aromatic carbocycles. The highest BCUT2D eigenvalue weighted by atomic mass is 19.1. The Morgan fingerprint density at radius 1 is 1.06 bits per heavy atom. The number of nitrogens with zero attached hydrogens (tertiary/aromatic N) is 2. The number of amides is 1. The molecule has 0 bridgehead atoms. The lowest BCUT2D eigenvalue weighted by Gasteiger charge is -2.44. The topological polar surface area (TPSA) is 82.7 Å². The van der Waals surface area contributed by atoms with Gasteiger partial charge in [0.05, 0.1) is 12.2 Å². The molecule has 2 heterocycles. The number of ether oxygens (including phenoxy) is 1. The van der Waals surface area contributed by atoms with Gasteiger partial charge in [0.25, 0.3) is 11.7 Å². The summed E-state index contributed by atoms with van der Waals surface area (Å²) in [5.74, 6) is -2.02. The average molecular weight is 480 g/mol. The van der Waals surface area contributed by atoms with E-state index >= 15 is 0 Å². The quantitative estimate of drug-likeness (QED) is 0.327. The fourth-order valence-corrected chi connectivity index (χ4v) is 4.73. The number of fused-ring (bicyclic) bond motifs is 1. The van der Waals surface area contributed by atoms with Crippen molar-refractivity contribution in [2.24, 2.45) is 0 Å². The molecule has 1 aliphatic heterocycles. The van der Waals surface area contributed by atoms with Crippen LogP contribution < -0.4 is 0 Å². The molecule has 8 heteroatoms. The monoisotopic (exact) mass is 479 g/mol. The van der Waals surface area contributed by atoms with Crippen molar-refractivity contribution in [1.29, 1.82) is 0 Å². The molecule has 0 unspecified atom stereocenters. The lowest BCUT2D eigenvalue weighted by molar-refractivity contribution is -0.137. The molecule has 0 saturated carbocycles. The number of halogens is 1. The second-order valence-electron chi connectivity index (χ2n) is 9.15. The predicted molar refractivity (Wildman–Crippen MR) is 131 cm³/mol. The molecule has 35 heavy (non-hydrogen) atoms. The van der Waals surface area contributed by atoms with E-state index in [-0.39, 0.29) is 36.0 Å². The standard InChI is InChI=1S/C27H30FN3O4/c1-5-35-27(34)25(32)20-8-11-23-22(12-20)24(18(4)29-23)26(33)31-14-16(2)30(13-17(31)3)15-19-6-9-21(28)10-7-19/h6-12,16-17,29H,5,13-15H2,1-4H3/t16-,17+/m0/s1. The number of nitrogens with one attached hydrogen (secondary N) is 1. The second-order valence-corrected chi connectivity index (χ2v) is 9.15. The molecule has 1 aromatic heterocycles. The van der Waals surface area contributed by atoms with Gasteiger partial charge in [-0.2, -0.15) is 0 Å². The third-order valence-electron chi connectivity index (χ3n) is 6.60. The molecule has 1 fully saturated rings. The predicted octanol–water partition coefficient (Wildman–Crippen LogP) is 4.10. The van der Waals surface area contributed by atoms with Crippen LogP contribution in [0.2, 0.25) is 0 Å². The van der Waals surface area contributed by atoms with Gasteiger partial charge in [-0.15, -0.1) is 0 Å². The van der Waals surface area contributed by atoms with Crippen LogP contribution in [0.4, 0.5) is 4.39 Å². The number of carbonyl (C=O) groups excluding carboxylic acids is 3. The van der Waals surface area contributed by atoms with Gasteiger partial charge in [-0.05, 0) is 63.6 Å². The first-order chi connectivity index (χ1) is 16.7. The maximum absolute atomic E-state index is 13.7. The van der Waals surface area contributed by atoms with E-state index in [4.69, 9.17) is 4.74 Å². The number of carbonyl (C=O) groups is 3. The van der Waals surface area contributed by atoms with E-state index in [1.165, 1.54) is 12.1 Å². The van der Waals surface area contributed by atoms with E-state index in [9.17, 15) is 18.8 Å². The lowest BCUT2D eigenvalue weighted by atomic mass is 10.0. The molecule has 1 amide bonds. The largest absolute Gasteiger partial charge is 0.460 e. The van der Waals surface area contributed by atoms with Crippen LogP contribution in [0.25, 0.3) is 10.9 Å². The molecular formula is C27H30FN3O4. The fraction of sp³-hybridized carbons (Fsp3) is 0.370. The van der Waals surface area contributed by atoms with Crippen molar-refractivity contribution >= 4 is 28.6 Å². The van der Waals surface area contributed by atoms with Crippen LogP contribution in [0.5, 0.6) is 0 Å². The Balaban J connectivity index is 1.57. The number of hydrogen-bond acceptors (Lipinski definition) is 5. The number of ketones is 1. The number of aromatic amines is 1. The molecule has 184 valence electrons. The number of piperazine rings is 1. The van der Waals surface area contributed by atoms with E-state index in [1.807, 2.05) is 18.7 Å². The van der Waals surface area contributed by atoms with Gasteiger partial charge in [-0.1, -0.05) is 12.1 Å². The van der Waals surface area contributed by atoms with Gasteiger partial charge in [0.15, 0.2) is 0 Å². The second kappa shape index (κ2) is 10.00. The van der Waals surface area contributed by atoms with Gasteiger partial charge in [0, 0.05) is 53.9 Å². The molecule has 4 rings (SSSR count). The van der Waals surface area contributed by atoms with Crippen LogP contribution in [0.3, 0.4) is 0 Å². The summed E-state index contributed by atoms with van der Waals surface area (Å²) >= 11 is 0. The van der Waals surface area contributed by atoms with Crippen LogP contribution in [0, 0.1) is 12.7 Å². The molecule has 7 nitrogen and oxygen atoms in total. The summed E-state index contributed by atoms with van der Waals surface area (Å²) in [6.45, 7) is 9.58. The maximum atomic E-state index is 13.7. The zero-order valence-corrected chi connectivity index (χ0v) is 20.4. The third-order valence-corrected chi connectivity index (χ3v) is 6.60. The third kappa shape index (κ3) is 4.98. The van der Waals surface area contributed by atoms with Gasteiger partial charge in [-0.25, -0.2) is 9.18 Å². The maximum Gasteiger partial charge on any atom is 0.379 e. The van der Waals surface area contributed by atoms with E-state index in [0.29, 0.717) is 36.3 Å². The van der Waals surface area contributed by atoms with Crippen molar-refractivity contribution < 1.29 is 23.5 Å². The highest BCUT2D eigenvalue weighted by Crippen LogP contribution is 2.28. The molecule has 3 aromatic rings. The van der Waals surface area contributed by atoms with E-state index in [0.717, 1.165) is 11.1 Å². The van der Waals surface area contributed by atoms with Crippen molar-refractivity contribution in [2.45, 2.75) is 46.3 Å². The SMILES string of the molecule is CCOC(=O)C(=O)c1ccc2[nH]c(C)c(C(=O)N3C[C@H](C)N(Cc4ccc(F)cc4)C[C@H]3C)c2c1. The number of aryl methyl sites for hydroxylation is 1. The summed E-state index contributed by atoms with van der Waals surface area (Å²) in [4.78, 5) is 45.5. The summed E-state index contributed by atoms with van der Waals surface area (Å²) in [7, 11) is 0. The Labute approximate surface area is 203 Å². The smallest absolute Gasteiger partial charge is 0.379 e. The van der Waals surface area contributed by atoms with Gasteiger partial charge >= 0.3 is 5.97 Å². The van der Waals surface area contributed by atoms with Gasteiger partial charge < -0.3 is 14.6 Å². The minimum atomic E-state index is -0.910. The molecule has 0 spiro atoms. The zero-order chi connectivity index (χ0) is 25.3. The molecular weight excluding hydrogens is 449 g/mol. The normalized spacial score (nSPS) is 18.6. The zero-order valence-electron chi connectivity index (χ0n) is 20.4. The molecule has 2 atom stereocenters. The summed E-state index contributed by atoms with van der Waals surface area (Å²) < 4.78 is 18.1. The Hall–Kier alpha value is -3.52. The first kappa shape index (κ1) is 24.6. The summed E-state index contributed by atoms with van der Waals surface area (Å²) in [6.07, 6.45) is 0. The Morgan fingerprint density at radius 3 is 2.46 bits per heavy atom. The Bertz CT molecular complexity index is 1270. The number of H-pyrrole nitrogens is 1. The van der Waals surface area contributed by atoms with E-state index in [2.05, 4.69) is 16.8 Å². The van der Waals surface area contributed by atoms with Crippen LogP contribution in [0.15, 0.2) is 42.5 Å². The molecule has 1 N–H and O–H groups in total. The van der Waals surface area contributed by atoms with Crippen LogP contribution in [-0.4, -0.2) is 64.2 Å². The molecule has 1 saturated heterocycles. The van der Waals surface area contributed by atoms with Crippen LogP contribution >= 0.6 is 0 Å². The van der Waals surface area contributed by atoms with Gasteiger partial charge in [0.2, 0.25) is 0 Å². The Kier molecular flexibility index (Phi) is 7.03. The molecule has 0 aliphatic carbocycles. The number of hydrogen-bond donors (Lipinski definition) is 1. The van der Waals surface area contributed by atoms with Crippen molar-refractivity contribution in [2.75, 3.05) is 19.7 Å². The summed E-state index contributed by atoms with van der Waals surface area (Å²) in [5.41, 5.74) is 3.15. The number of Topliss-reactive ketones (excluding diaryl/α,β-unsaturated/α-hetero) is 1. The highest BCUT2D eigenvalue weighted by Gasteiger charge is 2.34. The number of rotatable bonds is 6. The minimum Gasteiger partial charge on any atom is -0.460 e. The van der Waals surface area contributed by atoms with Crippen molar-refractivity contribution in [3.63, 3.8) is 0 Å². The Morgan fingerprint density at radius 2 is 1.77 bits per heavy atom. The number of esters is 1. The van der Waals surface area contributed by atoms with Crippen molar-refractivity contribution in [1.82, 2.24) is 14.8 Å². The van der Waals surface area contributed by atoms with Crippen molar-refractivity contribution in [3.8, 4) is 0 Å².